The van der Waals surface area contributed by atoms with E-state index in [-0.39, 0.29) is 5.69 Å². The third kappa shape index (κ3) is 5.08. The summed E-state index contributed by atoms with van der Waals surface area (Å²) < 4.78 is 53.2. The minimum absolute atomic E-state index is 0.251. The van der Waals surface area contributed by atoms with Crippen molar-refractivity contribution in [2.24, 2.45) is 7.05 Å². The first-order chi connectivity index (χ1) is 16.3. The van der Waals surface area contributed by atoms with E-state index in [4.69, 9.17) is 9.47 Å². The largest absolute Gasteiger partial charge is 0.493 e. The van der Waals surface area contributed by atoms with E-state index in [1.165, 1.54) is 23.1 Å². The highest BCUT2D eigenvalue weighted by molar-refractivity contribution is 7.16. The Balaban J connectivity index is 1.99. The maximum absolute atomic E-state index is 13.4. The van der Waals surface area contributed by atoms with Crippen molar-refractivity contribution in [2.45, 2.75) is 58.4 Å². The maximum atomic E-state index is 13.4. The van der Waals surface area contributed by atoms with Crippen molar-refractivity contribution in [3.63, 3.8) is 0 Å². The van der Waals surface area contributed by atoms with E-state index >= 15 is 0 Å². The monoisotopic (exact) mass is 508 g/mol. The Morgan fingerprint density at radius 2 is 1.97 bits per heavy atom. The number of hydrogen-bond donors (Lipinski definition) is 1. The molecule has 1 atom stereocenters. The summed E-state index contributed by atoms with van der Waals surface area (Å²) in [6.45, 7) is 7.67. The molecule has 6 nitrogen and oxygen atoms in total. The second-order valence-electron chi connectivity index (χ2n) is 9.54. The molecule has 10 heteroatoms. The van der Waals surface area contributed by atoms with Crippen LogP contribution in [0.25, 0.3) is 21.7 Å². The first-order valence-electron chi connectivity index (χ1n) is 11.2. The number of carboxylic acids is 1. The zero-order chi connectivity index (χ0) is 25.7. The van der Waals surface area contributed by atoms with Crippen molar-refractivity contribution >= 4 is 17.3 Å². The molecule has 1 aromatic carbocycles. The lowest BCUT2D eigenvalue weighted by molar-refractivity contribution is -0.160. The van der Waals surface area contributed by atoms with E-state index in [2.05, 4.69) is 5.10 Å². The fourth-order valence-electron chi connectivity index (χ4n) is 4.26. The molecular weight excluding hydrogens is 481 g/mol. The van der Waals surface area contributed by atoms with Crippen molar-refractivity contribution in [1.29, 1.82) is 0 Å². The summed E-state index contributed by atoms with van der Waals surface area (Å²) in [4.78, 5) is 13.5. The Kier molecular flexibility index (Phi) is 6.48. The molecule has 0 bridgehead atoms. The molecule has 188 valence electrons. The number of aliphatic carboxylic acids is 1. The van der Waals surface area contributed by atoms with Crippen LogP contribution >= 0.6 is 11.3 Å². The zero-order valence-electron chi connectivity index (χ0n) is 20.1. The van der Waals surface area contributed by atoms with Crippen LogP contribution in [0.5, 0.6) is 5.75 Å². The SMILES string of the molecule is Cc1sc(-c2cc(C(F)(F)F)nn2C)c(-c2ccc3c(c2)CCCO3)c1C(OC(C)(C)C)C(=O)O. The van der Waals surface area contributed by atoms with Gasteiger partial charge in [-0.15, -0.1) is 11.3 Å². The molecule has 4 rings (SSSR count). The van der Waals surface area contributed by atoms with Crippen LogP contribution in [0.4, 0.5) is 13.2 Å². The number of halogens is 3. The molecule has 1 unspecified atom stereocenters. The van der Waals surface area contributed by atoms with Crippen LogP contribution in [0, 0.1) is 6.92 Å². The van der Waals surface area contributed by atoms with E-state index in [9.17, 15) is 23.1 Å². The number of nitrogens with zero attached hydrogens (tertiary/aromatic N) is 2. The molecule has 1 aliphatic rings. The van der Waals surface area contributed by atoms with E-state index < -0.39 is 29.5 Å². The average molecular weight is 509 g/mol. The lowest BCUT2D eigenvalue weighted by Crippen LogP contribution is -2.27. The predicted octanol–water partition coefficient (Wildman–Crippen LogP) is 6.41. The number of carbonyl (C=O) groups is 1. The highest BCUT2D eigenvalue weighted by Gasteiger charge is 2.37. The Labute approximate surface area is 205 Å². The fraction of sp³-hybridized carbons (Fsp3) is 0.440. The van der Waals surface area contributed by atoms with E-state index in [0.29, 0.717) is 33.1 Å². The zero-order valence-corrected chi connectivity index (χ0v) is 20.9. The second-order valence-corrected chi connectivity index (χ2v) is 10.8. The lowest BCUT2D eigenvalue weighted by Gasteiger charge is -2.26. The van der Waals surface area contributed by atoms with Crippen LogP contribution in [0.3, 0.4) is 0 Å². The maximum Gasteiger partial charge on any atom is 0.435 e. The number of thiophene rings is 1. The minimum Gasteiger partial charge on any atom is -0.493 e. The van der Waals surface area contributed by atoms with Gasteiger partial charge in [0.2, 0.25) is 0 Å². The molecule has 2 aromatic heterocycles. The Morgan fingerprint density at radius 1 is 1.26 bits per heavy atom. The van der Waals surface area contributed by atoms with Gasteiger partial charge >= 0.3 is 12.1 Å². The quantitative estimate of drug-likeness (QED) is 0.431. The van der Waals surface area contributed by atoms with Gasteiger partial charge in [-0.2, -0.15) is 18.3 Å². The van der Waals surface area contributed by atoms with E-state index in [1.807, 2.05) is 18.2 Å². The molecule has 3 aromatic rings. The van der Waals surface area contributed by atoms with Crippen LogP contribution in [0.15, 0.2) is 24.3 Å². The number of carboxylic acid groups (broad SMARTS) is 1. The summed E-state index contributed by atoms with van der Waals surface area (Å²) in [6, 6.07) is 6.57. The van der Waals surface area contributed by atoms with E-state index in [0.717, 1.165) is 30.2 Å². The molecule has 0 fully saturated rings. The van der Waals surface area contributed by atoms with Gasteiger partial charge < -0.3 is 14.6 Å². The molecule has 35 heavy (non-hydrogen) atoms. The molecule has 0 radical (unpaired) electrons. The van der Waals surface area contributed by atoms with Gasteiger partial charge in [-0.3, -0.25) is 4.68 Å². The molecule has 0 aliphatic carbocycles. The minimum atomic E-state index is -4.60. The molecule has 0 saturated heterocycles. The van der Waals surface area contributed by atoms with Crippen molar-refractivity contribution in [1.82, 2.24) is 9.78 Å². The molecule has 1 aliphatic heterocycles. The van der Waals surface area contributed by atoms with Gasteiger partial charge in [-0.05, 0) is 69.9 Å². The Hall–Kier alpha value is -2.85. The van der Waals surface area contributed by atoms with Gasteiger partial charge in [0.15, 0.2) is 11.8 Å². The van der Waals surface area contributed by atoms with Crippen molar-refractivity contribution in [3.8, 4) is 27.4 Å². The number of hydrogen-bond acceptors (Lipinski definition) is 5. The first kappa shape index (κ1) is 25.2. The topological polar surface area (TPSA) is 73.6 Å². The number of ether oxygens (including phenoxy) is 2. The van der Waals surface area contributed by atoms with Crippen LogP contribution in [-0.2, 0) is 29.2 Å². The molecule has 0 saturated carbocycles. The summed E-state index contributed by atoms with van der Waals surface area (Å²) in [5.74, 6) is -0.411. The number of fused-ring (bicyclic) bond motifs is 1. The van der Waals surface area contributed by atoms with Crippen molar-refractivity contribution < 1.29 is 32.5 Å². The third-order valence-electron chi connectivity index (χ3n) is 5.69. The highest BCUT2D eigenvalue weighted by atomic mass is 32.1. The predicted molar refractivity (Wildman–Crippen MR) is 127 cm³/mol. The van der Waals surface area contributed by atoms with Crippen LogP contribution < -0.4 is 4.74 Å². The Bertz CT molecular complexity index is 1270. The van der Waals surface area contributed by atoms with Crippen LogP contribution in [-0.4, -0.2) is 33.1 Å². The highest BCUT2D eigenvalue weighted by Crippen LogP contribution is 2.48. The van der Waals surface area contributed by atoms with Gasteiger partial charge in [0, 0.05) is 23.1 Å². The van der Waals surface area contributed by atoms with Gasteiger partial charge in [-0.25, -0.2) is 4.79 Å². The number of rotatable bonds is 5. The smallest absolute Gasteiger partial charge is 0.435 e. The molecule has 3 heterocycles. The van der Waals surface area contributed by atoms with Crippen molar-refractivity contribution in [2.75, 3.05) is 6.61 Å². The van der Waals surface area contributed by atoms with Gasteiger partial charge in [0.1, 0.15) is 5.75 Å². The molecule has 0 amide bonds. The summed E-state index contributed by atoms with van der Waals surface area (Å²) in [5.41, 5.74) is 1.11. The average Bonchev–Trinajstić information content (AvgIpc) is 3.30. The fourth-order valence-corrected chi connectivity index (χ4v) is 5.51. The summed E-state index contributed by atoms with van der Waals surface area (Å²) in [6.07, 6.45) is -4.27. The van der Waals surface area contributed by atoms with Gasteiger partial charge in [0.25, 0.3) is 0 Å². The molecular formula is C25H27F3N2O4S. The molecule has 1 N–H and O–H groups in total. The van der Waals surface area contributed by atoms with Crippen molar-refractivity contribution in [3.05, 3.63) is 46.0 Å². The van der Waals surface area contributed by atoms with Gasteiger partial charge in [0.05, 0.1) is 22.8 Å². The summed E-state index contributed by atoms with van der Waals surface area (Å²) in [5, 5.41) is 13.8. The van der Waals surface area contributed by atoms with Crippen LogP contribution in [0.2, 0.25) is 0 Å². The summed E-state index contributed by atoms with van der Waals surface area (Å²) >= 11 is 1.23. The number of aromatic nitrogens is 2. The number of aryl methyl sites for hydroxylation is 3. The van der Waals surface area contributed by atoms with Crippen LogP contribution in [0.1, 0.15) is 55.0 Å². The first-order valence-corrected chi connectivity index (χ1v) is 12.0. The number of alkyl halides is 3. The Morgan fingerprint density at radius 3 is 2.57 bits per heavy atom. The standard InChI is InChI=1S/C25H27F3N2O4S/c1-13-19(21(23(31)32)34-24(2,3)4)20(15-8-9-17-14(11-15)7-6-10-33-17)22(35-13)16-12-18(25(26,27)28)29-30(16)5/h8-9,11-12,21H,6-7,10H2,1-5H3,(H,31,32). The van der Waals surface area contributed by atoms with Gasteiger partial charge in [-0.1, -0.05) is 6.07 Å². The number of benzene rings is 1. The normalized spacial score (nSPS) is 15.0. The lowest BCUT2D eigenvalue weighted by atomic mass is 9.92. The summed E-state index contributed by atoms with van der Waals surface area (Å²) in [7, 11) is 1.45. The van der Waals surface area contributed by atoms with E-state index in [1.54, 1.807) is 27.7 Å². The molecule has 0 spiro atoms. The third-order valence-corrected chi connectivity index (χ3v) is 6.83. The second kappa shape index (κ2) is 8.98.